The van der Waals surface area contributed by atoms with Gasteiger partial charge in [-0.25, -0.2) is 14.6 Å². The molecule has 0 bridgehead atoms. The number of fused-ring (bicyclic) bond motifs is 1. The van der Waals surface area contributed by atoms with E-state index in [-0.39, 0.29) is 18.0 Å². The van der Waals surface area contributed by atoms with E-state index in [1.165, 1.54) is 10.6 Å². The molecule has 1 aliphatic heterocycles. The quantitative estimate of drug-likeness (QED) is 0.737. The Balaban J connectivity index is 1.47. The molecule has 148 valence electrons. The monoisotopic (exact) mass is 414 g/mol. The van der Waals surface area contributed by atoms with Crippen LogP contribution in [0.5, 0.6) is 0 Å². The molecule has 1 aliphatic carbocycles. The van der Waals surface area contributed by atoms with Gasteiger partial charge in [0.25, 0.3) is 10.2 Å². The molecule has 4 rings (SSSR count). The fraction of sp³-hybridized carbons (Fsp3) is 0.625. The Kier molecular flexibility index (Phi) is 4.39. The zero-order valence-corrected chi connectivity index (χ0v) is 16.8. The van der Waals surface area contributed by atoms with Crippen LogP contribution in [0.15, 0.2) is 12.4 Å². The molecule has 1 unspecified atom stereocenters. The van der Waals surface area contributed by atoms with E-state index >= 15 is 0 Å². The SMILES string of the molecule is Cc1cc(Cl)n2ncnc(N3CC4(CC(N(CC(C)O)S(N)(=O)=O)C4)C3)c12. The average Bonchev–Trinajstić information content (AvgIpc) is 2.77. The molecule has 2 aromatic rings. The first-order valence-electron chi connectivity index (χ1n) is 8.81. The summed E-state index contributed by atoms with van der Waals surface area (Å²) in [6.07, 6.45) is 2.20. The highest BCUT2D eigenvalue weighted by atomic mass is 35.5. The van der Waals surface area contributed by atoms with E-state index in [2.05, 4.69) is 15.0 Å². The number of hydrogen-bond donors (Lipinski definition) is 2. The number of halogens is 1. The van der Waals surface area contributed by atoms with E-state index in [0.717, 1.165) is 42.8 Å². The number of nitrogens with zero attached hydrogens (tertiary/aromatic N) is 5. The second-order valence-electron chi connectivity index (χ2n) is 7.88. The molecular weight excluding hydrogens is 392 g/mol. The minimum Gasteiger partial charge on any atom is -0.392 e. The summed E-state index contributed by atoms with van der Waals surface area (Å²) in [7, 11) is -3.83. The Morgan fingerprint density at radius 1 is 1.48 bits per heavy atom. The highest BCUT2D eigenvalue weighted by Gasteiger charge is 2.55. The molecule has 1 saturated heterocycles. The Bertz CT molecular complexity index is 977. The van der Waals surface area contributed by atoms with E-state index in [4.69, 9.17) is 16.7 Å². The van der Waals surface area contributed by atoms with Crippen LogP contribution in [0.25, 0.3) is 5.52 Å². The zero-order chi connectivity index (χ0) is 19.6. The van der Waals surface area contributed by atoms with Gasteiger partial charge in [0.1, 0.15) is 17.0 Å². The summed E-state index contributed by atoms with van der Waals surface area (Å²) >= 11 is 6.21. The summed E-state index contributed by atoms with van der Waals surface area (Å²) in [4.78, 5) is 6.61. The number of nitrogens with two attached hydrogens (primary N) is 1. The normalized spacial score (nSPS) is 20.9. The highest BCUT2D eigenvalue weighted by Crippen LogP contribution is 2.52. The van der Waals surface area contributed by atoms with Gasteiger partial charge >= 0.3 is 0 Å². The van der Waals surface area contributed by atoms with Gasteiger partial charge in [-0.2, -0.15) is 17.8 Å². The lowest BCUT2D eigenvalue weighted by Crippen LogP contribution is -2.68. The van der Waals surface area contributed by atoms with E-state index in [1.807, 2.05) is 13.0 Å². The summed E-state index contributed by atoms with van der Waals surface area (Å²) in [6, 6.07) is 1.70. The van der Waals surface area contributed by atoms with Crippen molar-refractivity contribution in [3.63, 3.8) is 0 Å². The van der Waals surface area contributed by atoms with Crippen molar-refractivity contribution < 1.29 is 13.5 Å². The van der Waals surface area contributed by atoms with Crippen molar-refractivity contribution in [2.45, 2.75) is 38.8 Å². The number of aromatic nitrogens is 3. The zero-order valence-electron chi connectivity index (χ0n) is 15.2. The number of anilines is 1. The maximum atomic E-state index is 11.8. The van der Waals surface area contributed by atoms with Crippen molar-refractivity contribution in [2.24, 2.45) is 10.6 Å². The molecule has 27 heavy (non-hydrogen) atoms. The molecule has 1 spiro atoms. The van der Waals surface area contributed by atoms with Gasteiger partial charge in [0.2, 0.25) is 0 Å². The third kappa shape index (κ3) is 3.19. The Morgan fingerprint density at radius 3 is 2.74 bits per heavy atom. The lowest BCUT2D eigenvalue weighted by Gasteiger charge is -2.60. The fourth-order valence-electron chi connectivity index (χ4n) is 4.43. The van der Waals surface area contributed by atoms with E-state index in [0.29, 0.717) is 5.15 Å². The van der Waals surface area contributed by atoms with Gasteiger partial charge in [-0.3, -0.25) is 0 Å². The summed E-state index contributed by atoms with van der Waals surface area (Å²) in [5.41, 5.74) is 1.98. The fourth-order valence-corrected chi connectivity index (χ4v) is 5.71. The van der Waals surface area contributed by atoms with Gasteiger partial charge in [0.05, 0.1) is 6.10 Å². The third-order valence-electron chi connectivity index (χ3n) is 5.55. The maximum Gasteiger partial charge on any atom is 0.277 e. The summed E-state index contributed by atoms with van der Waals surface area (Å²) in [5, 5.41) is 19.7. The Labute approximate surface area is 162 Å². The minimum atomic E-state index is -3.83. The first-order chi connectivity index (χ1) is 12.6. The van der Waals surface area contributed by atoms with Gasteiger partial charge in [0, 0.05) is 31.1 Å². The summed E-state index contributed by atoms with van der Waals surface area (Å²) in [6.45, 7) is 5.15. The number of aliphatic hydroxyl groups excluding tert-OH is 1. The molecule has 0 amide bonds. The molecule has 0 radical (unpaired) electrons. The van der Waals surface area contributed by atoms with Crippen LogP contribution in [0.1, 0.15) is 25.3 Å². The number of hydrogen-bond acceptors (Lipinski definition) is 6. The average molecular weight is 415 g/mol. The van der Waals surface area contributed by atoms with Gasteiger partial charge in [-0.15, -0.1) is 0 Å². The lowest BCUT2D eigenvalue weighted by molar-refractivity contribution is 0.00227. The molecule has 1 saturated carbocycles. The largest absolute Gasteiger partial charge is 0.392 e. The highest BCUT2D eigenvalue weighted by molar-refractivity contribution is 7.86. The van der Waals surface area contributed by atoms with Crippen LogP contribution < -0.4 is 10.0 Å². The van der Waals surface area contributed by atoms with Crippen molar-refractivity contribution in [3.05, 3.63) is 23.1 Å². The topological polar surface area (TPSA) is 117 Å². The Hall–Kier alpha value is -1.46. The van der Waals surface area contributed by atoms with Crippen molar-refractivity contribution in [2.75, 3.05) is 24.5 Å². The predicted octanol–water partition coefficient (Wildman–Crippen LogP) is 0.546. The predicted molar refractivity (Wildman–Crippen MR) is 102 cm³/mol. The molecular formula is C16H23ClN6O3S. The minimum absolute atomic E-state index is 0.0255. The molecule has 2 aliphatic rings. The van der Waals surface area contributed by atoms with Crippen molar-refractivity contribution >= 4 is 33.1 Å². The number of aryl methyl sites for hydroxylation is 1. The molecule has 11 heteroatoms. The molecule has 3 N–H and O–H groups in total. The van der Waals surface area contributed by atoms with Crippen LogP contribution in [0.4, 0.5) is 5.82 Å². The first-order valence-corrected chi connectivity index (χ1v) is 10.7. The number of aliphatic hydroxyl groups is 1. The van der Waals surface area contributed by atoms with Crippen LogP contribution >= 0.6 is 11.6 Å². The molecule has 2 aromatic heterocycles. The molecule has 3 heterocycles. The van der Waals surface area contributed by atoms with Crippen LogP contribution in [0.2, 0.25) is 5.15 Å². The standard InChI is InChI=1S/C16H23ClN6O3S/c1-10-3-13(17)23-14(10)15(19-9-20-23)21-7-16(8-21)4-12(5-16)22(6-11(2)24)27(18,25)26/h3,9,11-12,24H,4-8H2,1-2H3,(H2,18,25,26). The van der Waals surface area contributed by atoms with Crippen molar-refractivity contribution in [1.82, 2.24) is 18.9 Å². The smallest absolute Gasteiger partial charge is 0.277 e. The van der Waals surface area contributed by atoms with E-state index in [9.17, 15) is 13.5 Å². The third-order valence-corrected chi connectivity index (χ3v) is 6.92. The number of rotatable bonds is 5. The first kappa shape index (κ1) is 18.9. The van der Waals surface area contributed by atoms with Gasteiger partial charge in [0.15, 0.2) is 5.82 Å². The maximum absolute atomic E-state index is 11.8. The molecule has 9 nitrogen and oxygen atoms in total. The molecule has 2 fully saturated rings. The van der Waals surface area contributed by atoms with Crippen LogP contribution in [0.3, 0.4) is 0 Å². The van der Waals surface area contributed by atoms with E-state index < -0.39 is 16.3 Å². The summed E-state index contributed by atoms with van der Waals surface area (Å²) in [5.74, 6) is 0.843. The van der Waals surface area contributed by atoms with Gasteiger partial charge in [-0.05, 0) is 38.3 Å². The molecule has 0 aromatic carbocycles. The second-order valence-corrected chi connectivity index (χ2v) is 9.76. The van der Waals surface area contributed by atoms with Crippen LogP contribution in [-0.4, -0.2) is 64.2 Å². The molecule has 1 atom stereocenters. The lowest BCUT2D eigenvalue weighted by atomic mass is 9.60. The Morgan fingerprint density at radius 2 is 2.15 bits per heavy atom. The van der Waals surface area contributed by atoms with Crippen LogP contribution in [0, 0.1) is 12.3 Å². The summed E-state index contributed by atoms with van der Waals surface area (Å²) < 4.78 is 26.6. The van der Waals surface area contributed by atoms with E-state index in [1.54, 1.807) is 11.4 Å². The van der Waals surface area contributed by atoms with Gasteiger partial charge in [-0.1, -0.05) is 11.6 Å². The van der Waals surface area contributed by atoms with Gasteiger partial charge < -0.3 is 10.0 Å². The van der Waals surface area contributed by atoms with Crippen molar-refractivity contribution in [1.29, 1.82) is 0 Å². The van der Waals surface area contributed by atoms with Crippen molar-refractivity contribution in [3.8, 4) is 0 Å². The second kappa shape index (κ2) is 6.28. The van der Waals surface area contributed by atoms with Crippen LogP contribution in [-0.2, 0) is 10.2 Å².